The predicted molar refractivity (Wildman–Crippen MR) is 127 cm³/mol. The van der Waals surface area contributed by atoms with Crippen LogP contribution in [0.4, 0.5) is 5.82 Å². The van der Waals surface area contributed by atoms with Gasteiger partial charge in [0.25, 0.3) is 0 Å². The third kappa shape index (κ3) is 3.10. The Bertz CT molecular complexity index is 1390. The maximum atomic E-state index is 5.37. The predicted octanol–water partition coefficient (Wildman–Crippen LogP) is 5.55. The van der Waals surface area contributed by atoms with Gasteiger partial charge in [0, 0.05) is 59.7 Å². The molecule has 0 saturated carbocycles. The van der Waals surface area contributed by atoms with Gasteiger partial charge in [-0.15, -0.1) is 11.3 Å². The number of H-pyrrole nitrogens is 1. The van der Waals surface area contributed by atoms with Crippen LogP contribution in [0.1, 0.15) is 17.1 Å². The van der Waals surface area contributed by atoms with E-state index in [1.165, 1.54) is 33.3 Å². The number of para-hydroxylation sites is 1. The van der Waals surface area contributed by atoms with Gasteiger partial charge in [-0.2, -0.15) is 0 Å². The molecule has 0 unspecified atom stereocenters. The first kappa shape index (κ1) is 18.5. The molecule has 1 aliphatic heterocycles. The first-order chi connectivity index (χ1) is 15.3. The molecule has 5 nitrogen and oxygen atoms in total. The molecule has 2 aromatic carbocycles. The Labute approximate surface area is 184 Å². The minimum absolute atomic E-state index is 0.410. The number of fused-ring (bicyclic) bond motifs is 4. The standard InChI is InChI=1S/C25H22N4OS/c1-30-14-22-27-24(23-19(15-31-25(23)28-22)16-7-3-2-4-8-16)29-12-11-21-18(13-29)17-9-5-6-10-20(17)26-21/h2-10,15,26H,11-14H2,1H3. The number of benzene rings is 2. The lowest BCUT2D eigenvalue weighted by Crippen LogP contribution is -2.31. The van der Waals surface area contributed by atoms with Gasteiger partial charge >= 0.3 is 0 Å². The summed E-state index contributed by atoms with van der Waals surface area (Å²) in [4.78, 5) is 16.8. The Morgan fingerprint density at radius 3 is 2.77 bits per heavy atom. The van der Waals surface area contributed by atoms with Crippen LogP contribution in [0.25, 0.3) is 32.2 Å². The van der Waals surface area contributed by atoms with Gasteiger partial charge in [0.1, 0.15) is 17.3 Å². The summed E-state index contributed by atoms with van der Waals surface area (Å²) >= 11 is 1.68. The molecule has 0 fully saturated rings. The number of hydrogen-bond donors (Lipinski definition) is 1. The molecule has 0 bridgehead atoms. The molecule has 6 rings (SSSR count). The Morgan fingerprint density at radius 2 is 1.90 bits per heavy atom. The van der Waals surface area contributed by atoms with Gasteiger partial charge in [-0.3, -0.25) is 0 Å². The quantitative estimate of drug-likeness (QED) is 0.409. The molecular weight excluding hydrogens is 404 g/mol. The van der Waals surface area contributed by atoms with Gasteiger partial charge in [0.2, 0.25) is 0 Å². The van der Waals surface area contributed by atoms with Gasteiger partial charge in [-0.25, -0.2) is 9.97 Å². The first-order valence-electron chi connectivity index (χ1n) is 10.5. The fourth-order valence-corrected chi connectivity index (χ4v) is 5.53. The Hall–Kier alpha value is -3.22. The van der Waals surface area contributed by atoms with E-state index in [0.29, 0.717) is 6.61 Å². The lowest BCUT2D eigenvalue weighted by Gasteiger charge is -2.29. The second kappa shape index (κ2) is 7.48. The van der Waals surface area contributed by atoms with Gasteiger partial charge in [0.05, 0.1) is 5.39 Å². The van der Waals surface area contributed by atoms with E-state index >= 15 is 0 Å². The summed E-state index contributed by atoms with van der Waals surface area (Å²) in [5.74, 6) is 1.74. The number of aromatic nitrogens is 3. The van der Waals surface area contributed by atoms with Gasteiger partial charge in [0.15, 0.2) is 5.82 Å². The van der Waals surface area contributed by atoms with Crippen molar-refractivity contribution in [3.8, 4) is 11.1 Å². The van der Waals surface area contributed by atoms with Gasteiger partial charge < -0.3 is 14.6 Å². The van der Waals surface area contributed by atoms with Crippen LogP contribution in [0.15, 0.2) is 60.0 Å². The molecule has 3 aromatic heterocycles. The normalized spacial score (nSPS) is 13.8. The number of anilines is 1. The van der Waals surface area contributed by atoms with E-state index in [1.54, 1.807) is 18.4 Å². The molecule has 1 N–H and O–H groups in total. The summed E-state index contributed by atoms with van der Waals surface area (Å²) in [5, 5.41) is 4.65. The van der Waals surface area contributed by atoms with Crippen LogP contribution in [0.2, 0.25) is 0 Å². The molecule has 0 radical (unpaired) electrons. The van der Waals surface area contributed by atoms with E-state index in [2.05, 4.69) is 69.9 Å². The number of aromatic amines is 1. The van der Waals surface area contributed by atoms with Crippen LogP contribution in [0.5, 0.6) is 0 Å². The van der Waals surface area contributed by atoms with Crippen molar-refractivity contribution in [2.75, 3.05) is 18.6 Å². The van der Waals surface area contributed by atoms with E-state index in [0.717, 1.165) is 41.4 Å². The van der Waals surface area contributed by atoms with E-state index in [-0.39, 0.29) is 0 Å². The number of ether oxygens (including phenoxy) is 1. The van der Waals surface area contributed by atoms with Crippen molar-refractivity contribution in [2.45, 2.75) is 19.6 Å². The summed E-state index contributed by atoms with van der Waals surface area (Å²) in [6.07, 6.45) is 0.972. The smallest absolute Gasteiger partial charge is 0.158 e. The summed E-state index contributed by atoms with van der Waals surface area (Å²) in [6, 6.07) is 19.1. The Balaban J connectivity index is 1.52. The van der Waals surface area contributed by atoms with E-state index in [9.17, 15) is 0 Å². The monoisotopic (exact) mass is 426 g/mol. The van der Waals surface area contributed by atoms with Crippen LogP contribution < -0.4 is 4.90 Å². The first-order valence-corrected chi connectivity index (χ1v) is 11.4. The van der Waals surface area contributed by atoms with Crippen LogP contribution in [-0.4, -0.2) is 28.6 Å². The number of hydrogen-bond acceptors (Lipinski definition) is 5. The van der Waals surface area contributed by atoms with Crippen molar-refractivity contribution in [1.82, 2.24) is 15.0 Å². The Kier molecular flexibility index (Phi) is 4.47. The number of thiophene rings is 1. The molecule has 0 spiro atoms. The van der Waals surface area contributed by atoms with E-state index in [1.807, 2.05) is 0 Å². The topological polar surface area (TPSA) is 54.0 Å². The number of methoxy groups -OCH3 is 1. The van der Waals surface area contributed by atoms with Crippen LogP contribution in [0.3, 0.4) is 0 Å². The van der Waals surface area contributed by atoms with Crippen molar-refractivity contribution in [3.63, 3.8) is 0 Å². The second-order valence-electron chi connectivity index (χ2n) is 7.89. The lowest BCUT2D eigenvalue weighted by atomic mass is 10.0. The zero-order chi connectivity index (χ0) is 20.8. The average molecular weight is 427 g/mol. The molecule has 0 aliphatic carbocycles. The van der Waals surface area contributed by atoms with Crippen LogP contribution in [-0.2, 0) is 24.3 Å². The van der Waals surface area contributed by atoms with Crippen LogP contribution in [0, 0.1) is 0 Å². The summed E-state index contributed by atoms with van der Waals surface area (Å²) in [5.41, 5.74) is 6.32. The molecule has 0 amide bonds. The highest BCUT2D eigenvalue weighted by atomic mass is 32.1. The maximum absolute atomic E-state index is 5.37. The SMILES string of the molecule is COCc1nc(N2CCc3[nH]c4ccccc4c3C2)c2c(-c3ccccc3)csc2n1. The highest BCUT2D eigenvalue weighted by Gasteiger charge is 2.25. The third-order valence-electron chi connectivity index (χ3n) is 6.00. The van der Waals surface area contributed by atoms with Crippen LogP contribution >= 0.6 is 11.3 Å². The zero-order valence-electron chi connectivity index (χ0n) is 17.3. The number of nitrogens with zero attached hydrogens (tertiary/aromatic N) is 3. The average Bonchev–Trinajstić information content (AvgIpc) is 3.40. The molecule has 5 aromatic rings. The minimum Gasteiger partial charge on any atom is -0.377 e. The summed E-state index contributed by atoms with van der Waals surface area (Å²) in [6.45, 7) is 2.16. The Morgan fingerprint density at radius 1 is 1.06 bits per heavy atom. The number of nitrogens with one attached hydrogen (secondary N) is 1. The largest absolute Gasteiger partial charge is 0.377 e. The fraction of sp³-hybridized carbons (Fsp3) is 0.200. The van der Waals surface area contributed by atoms with Crippen molar-refractivity contribution in [1.29, 1.82) is 0 Å². The molecular formula is C25H22N4OS. The molecule has 0 atom stereocenters. The van der Waals surface area contributed by atoms with Crippen molar-refractivity contribution in [2.24, 2.45) is 0 Å². The number of rotatable bonds is 4. The van der Waals surface area contributed by atoms with Gasteiger partial charge in [-0.1, -0.05) is 48.5 Å². The second-order valence-corrected chi connectivity index (χ2v) is 8.75. The summed E-state index contributed by atoms with van der Waals surface area (Å²) in [7, 11) is 1.69. The highest BCUT2D eigenvalue weighted by molar-refractivity contribution is 7.17. The molecule has 0 saturated heterocycles. The third-order valence-corrected chi connectivity index (χ3v) is 6.87. The maximum Gasteiger partial charge on any atom is 0.158 e. The highest BCUT2D eigenvalue weighted by Crippen LogP contribution is 2.40. The minimum atomic E-state index is 0.410. The molecule has 154 valence electrons. The zero-order valence-corrected chi connectivity index (χ0v) is 18.1. The van der Waals surface area contributed by atoms with E-state index in [4.69, 9.17) is 14.7 Å². The van der Waals surface area contributed by atoms with Crippen molar-refractivity contribution in [3.05, 3.63) is 77.1 Å². The summed E-state index contributed by atoms with van der Waals surface area (Å²) < 4.78 is 5.37. The molecule has 6 heteroatoms. The van der Waals surface area contributed by atoms with Crippen molar-refractivity contribution < 1.29 is 4.74 Å². The van der Waals surface area contributed by atoms with Crippen molar-refractivity contribution >= 4 is 38.3 Å². The fourth-order valence-electron chi connectivity index (χ4n) is 4.57. The van der Waals surface area contributed by atoms with E-state index < -0.39 is 0 Å². The van der Waals surface area contributed by atoms with Gasteiger partial charge in [-0.05, 0) is 11.6 Å². The molecule has 4 heterocycles. The molecule has 31 heavy (non-hydrogen) atoms. The molecule has 1 aliphatic rings. The lowest BCUT2D eigenvalue weighted by molar-refractivity contribution is 0.178.